The highest BCUT2D eigenvalue weighted by atomic mass is 19.1. The molecular formula is C25H31FN6O2. The van der Waals surface area contributed by atoms with Gasteiger partial charge in [-0.3, -0.25) is 4.90 Å². The van der Waals surface area contributed by atoms with Gasteiger partial charge in [-0.2, -0.15) is 10.2 Å². The second-order valence-corrected chi connectivity index (χ2v) is 10.1. The van der Waals surface area contributed by atoms with E-state index in [1.807, 2.05) is 0 Å². The Morgan fingerprint density at radius 2 is 2.21 bits per heavy atom. The first-order chi connectivity index (χ1) is 16.4. The fraction of sp³-hybridized carbons (Fsp3) is 0.560. The number of hydrogen-bond acceptors (Lipinski definition) is 8. The first-order valence-electron chi connectivity index (χ1n) is 12.0. The maximum atomic E-state index is 14.6. The molecule has 0 spiro atoms. The number of benzene rings is 1. The summed E-state index contributed by atoms with van der Waals surface area (Å²) in [4.78, 5) is 11.1. The molecule has 8 nitrogen and oxygen atoms in total. The summed E-state index contributed by atoms with van der Waals surface area (Å²) in [5.41, 5.74) is 1.12. The zero-order valence-corrected chi connectivity index (χ0v) is 19.7. The Hall–Kier alpha value is -2.96. The van der Waals surface area contributed by atoms with Crippen molar-refractivity contribution in [3.8, 4) is 11.8 Å². The number of hydrogen-bond donors (Lipinski definition) is 2. The Labute approximate surface area is 199 Å². The van der Waals surface area contributed by atoms with Crippen molar-refractivity contribution in [2.45, 2.75) is 57.2 Å². The lowest BCUT2D eigenvalue weighted by Crippen LogP contribution is -2.55. The summed E-state index contributed by atoms with van der Waals surface area (Å²) < 4.78 is 25.5. The van der Waals surface area contributed by atoms with Gasteiger partial charge in [0.05, 0.1) is 31.6 Å². The number of nitriles is 1. The van der Waals surface area contributed by atoms with E-state index < -0.39 is 5.82 Å². The monoisotopic (exact) mass is 466 g/mol. The molecule has 3 aliphatic rings. The van der Waals surface area contributed by atoms with E-state index in [-0.39, 0.29) is 23.3 Å². The molecule has 5 rings (SSSR count). The lowest BCUT2D eigenvalue weighted by atomic mass is 9.84. The molecule has 3 fully saturated rings. The van der Waals surface area contributed by atoms with Crippen LogP contribution in [-0.4, -0.2) is 58.9 Å². The second-order valence-electron chi connectivity index (χ2n) is 10.1. The molecule has 3 saturated heterocycles. The smallest absolute Gasteiger partial charge is 0.229 e. The molecule has 2 atom stereocenters. The number of nitrogens with one attached hydrogen (secondary N) is 2. The van der Waals surface area contributed by atoms with E-state index in [0.717, 1.165) is 19.4 Å². The maximum Gasteiger partial charge on any atom is 0.229 e. The highest BCUT2D eigenvalue weighted by Crippen LogP contribution is 2.38. The molecule has 2 aromatic rings. The van der Waals surface area contributed by atoms with Gasteiger partial charge in [-0.25, -0.2) is 9.37 Å². The van der Waals surface area contributed by atoms with Gasteiger partial charge in [0, 0.05) is 29.2 Å². The zero-order valence-electron chi connectivity index (χ0n) is 19.7. The fourth-order valence-electron chi connectivity index (χ4n) is 5.38. The van der Waals surface area contributed by atoms with E-state index in [0.29, 0.717) is 48.8 Å². The summed E-state index contributed by atoms with van der Waals surface area (Å²) in [6.45, 7) is 7.58. The molecule has 4 heterocycles. The number of halogens is 1. The van der Waals surface area contributed by atoms with Crippen molar-refractivity contribution < 1.29 is 13.9 Å². The Morgan fingerprint density at radius 3 is 2.97 bits per heavy atom. The molecule has 1 aromatic heterocycles. The van der Waals surface area contributed by atoms with E-state index in [9.17, 15) is 9.65 Å². The Bertz CT molecular complexity index is 1080. The molecule has 0 bridgehead atoms. The number of nitrogens with zero attached hydrogens (tertiary/aromatic N) is 4. The topological polar surface area (TPSA) is 95.3 Å². The third-order valence-electron chi connectivity index (χ3n) is 7.08. The van der Waals surface area contributed by atoms with Crippen LogP contribution in [0.25, 0.3) is 0 Å². The number of aromatic nitrogens is 2. The van der Waals surface area contributed by atoms with Crippen molar-refractivity contribution in [3.05, 3.63) is 35.8 Å². The Kier molecular flexibility index (Phi) is 6.28. The van der Waals surface area contributed by atoms with Crippen molar-refractivity contribution in [2.24, 2.45) is 5.92 Å². The van der Waals surface area contributed by atoms with Crippen molar-refractivity contribution in [2.75, 3.05) is 37.0 Å². The van der Waals surface area contributed by atoms with Gasteiger partial charge in [-0.05, 0) is 64.3 Å². The predicted octanol–water partition coefficient (Wildman–Crippen LogP) is 4.07. The van der Waals surface area contributed by atoms with Gasteiger partial charge in [0.1, 0.15) is 11.8 Å². The molecule has 2 N–H and O–H groups in total. The largest absolute Gasteiger partial charge is 0.492 e. The van der Waals surface area contributed by atoms with Crippen LogP contribution >= 0.6 is 0 Å². The van der Waals surface area contributed by atoms with E-state index >= 15 is 0 Å². The predicted molar refractivity (Wildman–Crippen MR) is 127 cm³/mol. The van der Waals surface area contributed by atoms with Crippen molar-refractivity contribution in [1.29, 1.82) is 5.26 Å². The molecule has 9 heteroatoms. The summed E-state index contributed by atoms with van der Waals surface area (Å²) in [7, 11) is 0. The number of anilines is 3. The van der Waals surface area contributed by atoms with Crippen LogP contribution in [0.5, 0.6) is 5.75 Å². The van der Waals surface area contributed by atoms with E-state index in [4.69, 9.17) is 9.47 Å². The van der Waals surface area contributed by atoms with Crippen molar-refractivity contribution >= 4 is 17.5 Å². The lowest BCUT2D eigenvalue weighted by Gasteiger charge is -2.47. The molecule has 0 amide bonds. The van der Waals surface area contributed by atoms with Crippen molar-refractivity contribution in [3.63, 3.8) is 0 Å². The van der Waals surface area contributed by atoms with E-state index in [2.05, 4.69) is 45.4 Å². The average Bonchev–Trinajstić information content (AvgIpc) is 3.25. The SMILES string of the molecule is CC1(C)C[C@H](Nc2nc(Nc3ccc(OCC4COC4)c(C#N)c3)ncc2F)C[C@@H]2CCCN21. The summed E-state index contributed by atoms with van der Waals surface area (Å²) in [6.07, 6.45) is 5.50. The fourth-order valence-corrected chi connectivity index (χ4v) is 5.38. The average molecular weight is 467 g/mol. The quantitative estimate of drug-likeness (QED) is 0.631. The summed E-state index contributed by atoms with van der Waals surface area (Å²) in [6, 6.07) is 8.08. The molecule has 0 unspecified atom stereocenters. The minimum atomic E-state index is -0.473. The van der Waals surface area contributed by atoms with Gasteiger partial charge in [0.2, 0.25) is 5.95 Å². The standard InChI is InChI=1S/C25H31FN6O2/c1-25(2)10-19(9-20-4-3-7-32(20)25)29-23-21(26)12-28-24(31-23)30-18-5-6-22(17(8-18)11-27)34-15-16-13-33-14-16/h5-6,8,12,16,19-20H,3-4,7,9-10,13-15H2,1-2H3,(H2,28,29,30,31)/t19-,20+/m1/s1. The molecular weight excluding hydrogens is 435 g/mol. The van der Waals surface area contributed by atoms with Crippen LogP contribution < -0.4 is 15.4 Å². The highest BCUT2D eigenvalue weighted by molar-refractivity contribution is 5.61. The normalized spacial score (nSPS) is 24.1. The van der Waals surface area contributed by atoms with Crippen LogP contribution in [0.3, 0.4) is 0 Å². The van der Waals surface area contributed by atoms with Gasteiger partial charge in [-0.1, -0.05) is 0 Å². The molecule has 0 aliphatic carbocycles. The lowest BCUT2D eigenvalue weighted by molar-refractivity contribution is -0.0508. The third kappa shape index (κ3) is 4.79. The van der Waals surface area contributed by atoms with Crippen LogP contribution in [-0.2, 0) is 4.74 Å². The van der Waals surface area contributed by atoms with Gasteiger partial charge in [0.15, 0.2) is 11.6 Å². The maximum absolute atomic E-state index is 14.6. The van der Waals surface area contributed by atoms with Crippen LogP contribution in [0.4, 0.5) is 21.8 Å². The molecule has 180 valence electrons. The Balaban J connectivity index is 1.27. The van der Waals surface area contributed by atoms with Crippen molar-refractivity contribution in [1.82, 2.24) is 14.9 Å². The summed E-state index contributed by atoms with van der Waals surface area (Å²) in [5.74, 6) is 0.898. The summed E-state index contributed by atoms with van der Waals surface area (Å²) >= 11 is 0. The highest BCUT2D eigenvalue weighted by Gasteiger charge is 2.43. The molecule has 34 heavy (non-hydrogen) atoms. The van der Waals surface area contributed by atoms with Gasteiger partial charge in [0.25, 0.3) is 0 Å². The minimum absolute atomic E-state index is 0.0742. The zero-order chi connectivity index (χ0) is 23.7. The molecule has 0 radical (unpaired) electrons. The summed E-state index contributed by atoms with van der Waals surface area (Å²) in [5, 5.41) is 16.0. The number of ether oxygens (including phenoxy) is 2. The van der Waals surface area contributed by atoms with Gasteiger partial charge < -0.3 is 20.1 Å². The second kappa shape index (κ2) is 9.35. The Morgan fingerprint density at radius 1 is 1.35 bits per heavy atom. The van der Waals surface area contributed by atoms with Crippen LogP contribution in [0, 0.1) is 23.1 Å². The molecule has 3 aliphatic heterocycles. The van der Waals surface area contributed by atoms with Crippen LogP contribution in [0.2, 0.25) is 0 Å². The van der Waals surface area contributed by atoms with Crippen LogP contribution in [0.15, 0.2) is 24.4 Å². The van der Waals surface area contributed by atoms with Crippen LogP contribution in [0.1, 0.15) is 45.1 Å². The minimum Gasteiger partial charge on any atom is -0.492 e. The molecule has 1 aromatic carbocycles. The number of fused-ring (bicyclic) bond motifs is 1. The third-order valence-corrected chi connectivity index (χ3v) is 7.08. The van der Waals surface area contributed by atoms with E-state index in [1.54, 1.807) is 18.2 Å². The first kappa shape index (κ1) is 22.8. The van der Waals surface area contributed by atoms with E-state index in [1.165, 1.54) is 19.0 Å². The van der Waals surface area contributed by atoms with Gasteiger partial charge in [-0.15, -0.1) is 0 Å². The first-order valence-corrected chi connectivity index (χ1v) is 12.0. The number of rotatable bonds is 7. The molecule has 0 saturated carbocycles. The number of piperidine rings is 1. The van der Waals surface area contributed by atoms with Gasteiger partial charge >= 0.3 is 0 Å².